The molecule has 1 aromatic heterocycles. The molecule has 0 radical (unpaired) electrons. The van der Waals surface area contributed by atoms with E-state index in [0.29, 0.717) is 0 Å². The van der Waals surface area contributed by atoms with Crippen LogP contribution in [0.1, 0.15) is 31.2 Å². The second-order valence-electron chi connectivity index (χ2n) is 4.22. The van der Waals surface area contributed by atoms with Crippen LogP contribution in [0, 0.1) is 6.92 Å². The number of rotatable bonds is 1. The molecule has 1 aromatic rings. The molecule has 3 heteroatoms. The van der Waals surface area contributed by atoms with Crippen molar-refractivity contribution in [3.8, 4) is 0 Å². The molecule has 2 heterocycles. The van der Waals surface area contributed by atoms with Crippen LogP contribution < -0.4 is 4.90 Å². The molecule has 0 N–H and O–H groups in total. The molecule has 1 saturated heterocycles. The first kappa shape index (κ1) is 10.9. The summed E-state index contributed by atoms with van der Waals surface area (Å²) in [4.78, 5) is 6.92. The van der Waals surface area contributed by atoms with E-state index in [-0.39, 0.29) is 0 Å². The van der Waals surface area contributed by atoms with Crippen LogP contribution in [0.2, 0.25) is 0 Å². The summed E-state index contributed by atoms with van der Waals surface area (Å²) in [5.41, 5.74) is 1.21. The van der Waals surface area contributed by atoms with Gasteiger partial charge in [0, 0.05) is 19.3 Å². The van der Waals surface area contributed by atoms with E-state index in [0.717, 1.165) is 23.4 Å². The summed E-state index contributed by atoms with van der Waals surface area (Å²) in [6.45, 7) is 4.37. The van der Waals surface area contributed by atoms with Gasteiger partial charge in [-0.1, -0.05) is 12.8 Å². The molecule has 1 aliphatic heterocycles. The summed E-state index contributed by atoms with van der Waals surface area (Å²) in [7, 11) is 0. The maximum atomic E-state index is 4.52. The van der Waals surface area contributed by atoms with Crippen LogP contribution in [0.4, 0.5) is 5.82 Å². The Morgan fingerprint density at radius 2 is 1.87 bits per heavy atom. The zero-order valence-electron chi connectivity index (χ0n) is 9.17. The van der Waals surface area contributed by atoms with Gasteiger partial charge in [-0.25, -0.2) is 4.98 Å². The number of aryl methyl sites for hydroxylation is 1. The third kappa shape index (κ3) is 2.71. The van der Waals surface area contributed by atoms with Crippen molar-refractivity contribution < 1.29 is 0 Å². The van der Waals surface area contributed by atoms with Crippen LogP contribution >= 0.6 is 15.9 Å². The molecule has 0 spiro atoms. The number of anilines is 1. The van der Waals surface area contributed by atoms with Crippen LogP contribution in [0.25, 0.3) is 0 Å². The van der Waals surface area contributed by atoms with Crippen LogP contribution in [0.15, 0.2) is 16.7 Å². The maximum absolute atomic E-state index is 4.52. The lowest BCUT2D eigenvalue weighted by molar-refractivity contribution is 0.726. The van der Waals surface area contributed by atoms with Gasteiger partial charge < -0.3 is 4.90 Å². The van der Waals surface area contributed by atoms with Crippen molar-refractivity contribution in [2.75, 3.05) is 18.0 Å². The fraction of sp³-hybridized carbons (Fsp3) is 0.583. The Morgan fingerprint density at radius 1 is 1.20 bits per heavy atom. The predicted octanol–water partition coefficient (Wildman–Crippen LogP) is 3.53. The molecule has 0 aliphatic carbocycles. The summed E-state index contributed by atoms with van der Waals surface area (Å²) in [5.74, 6) is 1.11. The molecular formula is C12H17BrN2. The minimum Gasteiger partial charge on any atom is -0.356 e. The highest BCUT2D eigenvalue weighted by Crippen LogP contribution is 2.26. The first-order chi connectivity index (χ1) is 7.27. The van der Waals surface area contributed by atoms with Crippen molar-refractivity contribution in [3.05, 3.63) is 22.3 Å². The molecule has 82 valence electrons. The molecule has 2 nitrogen and oxygen atoms in total. The van der Waals surface area contributed by atoms with Crippen LogP contribution in [-0.4, -0.2) is 18.1 Å². The van der Waals surface area contributed by atoms with Crippen molar-refractivity contribution in [2.24, 2.45) is 0 Å². The number of hydrogen-bond donors (Lipinski definition) is 0. The third-order valence-corrected chi connectivity index (χ3v) is 3.45. The van der Waals surface area contributed by atoms with Gasteiger partial charge in [0.15, 0.2) is 0 Å². The molecule has 1 aliphatic rings. The second-order valence-corrected chi connectivity index (χ2v) is 5.07. The molecule has 1 fully saturated rings. The summed E-state index contributed by atoms with van der Waals surface area (Å²) in [6, 6.07) is 2.15. The van der Waals surface area contributed by atoms with Gasteiger partial charge >= 0.3 is 0 Å². The molecule has 0 unspecified atom stereocenters. The van der Waals surface area contributed by atoms with Gasteiger partial charge in [0.25, 0.3) is 0 Å². The number of pyridine rings is 1. The first-order valence-electron chi connectivity index (χ1n) is 5.64. The average Bonchev–Trinajstić information content (AvgIpc) is 2.46. The lowest BCUT2D eigenvalue weighted by Gasteiger charge is -2.22. The lowest BCUT2D eigenvalue weighted by atomic mass is 10.2. The highest BCUT2D eigenvalue weighted by molar-refractivity contribution is 9.10. The van der Waals surface area contributed by atoms with E-state index in [2.05, 4.69) is 38.8 Å². The average molecular weight is 269 g/mol. The van der Waals surface area contributed by atoms with E-state index in [1.165, 1.54) is 31.2 Å². The van der Waals surface area contributed by atoms with Crippen LogP contribution in [0.5, 0.6) is 0 Å². The Bertz CT molecular complexity index is 330. The largest absolute Gasteiger partial charge is 0.356 e. The summed E-state index contributed by atoms with van der Waals surface area (Å²) in [6.07, 6.45) is 7.26. The van der Waals surface area contributed by atoms with E-state index in [4.69, 9.17) is 0 Å². The van der Waals surface area contributed by atoms with Gasteiger partial charge in [-0.2, -0.15) is 0 Å². The first-order valence-corrected chi connectivity index (χ1v) is 6.44. The molecule has 0 amide bonds. The van der Waals surface area contributed by atoms with Crippen molar-refractivity contribution in [1.82, 2.24) is 4.98 Å². The zero-order valence-corrected chi connectivity index (χ0v) is 10.8. The van der Waals surface area contributed by atoms with Crippen LogP contribution in [-0.2, 0) is 0 Å². The van der Waals surface area contributed by atoms with Crippen molar-refractivity contribution >= 4 is 21.7 Å². The summed E-state index contributed by atoms with van der Waals surface area (Å²) in [5, 5.41) is 0. The monoisotopic (exact) mass is 268 g/mol. The van der Waals surface area contributed by atoms with Gasteiger partial charge in [-0.3, -0.25) is 0 Å². The molecule has 2 rings (SSSR count). The van der Waals surface area contributed by atoms with Crippen molar-refractivity contribution in [2.45, 2.75) is 32.6 Å². The van der Waals surface area contributed by atoms with Crippen molar-refractivity contribution in [1.29, 1.82) is 0 Å². The Morgan fingerprint density at radius 3 is 2.47 bits per heavy atom. The lowest BCUT2D eigenvalue weighted by Crippen LogP contribution is -2.25. The summed E-state index contributed by atoms with van der Waals surface area (Å²) >= 11 is 3.60. The van der Waals surface area contributed by atoms with E-state index in [9.17, 15) is 0 Å². The van der Waals surface area contributed by atoms with Gasteiger partial charge in [-0.15, -0.1) is 0 Å². The van der Waals surface area contributed by atoms with Gasteiger partial charge in [0.2, 0.25) is 0 Å². The highest BCUT2D eigenvalue weighted by atomic mass is 79.9. The van der Waals surface area contributed by atoms with Gasteiger partial charge in [0.1, 0.15) is 5.82 Å². The van der Waals surface area contributed by atoms with Crippen LogP contribution in [0.3, 0.4) is 0 Å². The molecule has 0 aromatic carbocycles. The Kier molecular flexibility index (Phi) is 3.62. The van der Waals surface area contributed by atoms with Crippen molar-refractivity contribution in [3.63, 3.8) is 0 Å². The normalized spacial score (nSPS) is 17.6. The predicted molar refractivity (Wildman–Crippen MR) is 67.4 cm³/mol. The fourth-order valence-electron chi connectivity index (χ4n) is 2.04. The zero-order chi connectivity index (χ0) is 10.7. The van der Waals surface area contributed by atoms with Gasteiger partial charge in [0.05, 0.1) is 4.47 Å². The van der Waals surface area contributed by atoms with E-state index < -0.39 is 0 Å². The molecular weight excluding hydrogens is 252 g/mol. The minimum absolute atomic E-state index is 1.11. The van der Waals surface area contributed by atoms with E-state index in [1.54, 1.807) is 0 Å². The minimum atomic E-state index is 1.11. The standard InChI is InChI=1S/C12H17BrN2/c1-10-8-11(13)12(14-9-10)15-6-4-2-3-5-7-15/h8-9H,2-7H2,1H3. The Hall–Kier alpha value is -0.570. The summed E-state index contributed by atoms with van der Waals surface area (Å²) < 4.78 is 1.13. The quantitative estimate of drug-likeness (QED) is 0.775. The number of hydrogen-bond acceptors (Lipinski definition) is 2. The number of aromatic nitrogens is 1. The number of halogens is 1. The van der Waals surface area contributed by atoms with E-state index in [1.807, 2.05) is 6.20 Å². The highest BCUT2D eigenvalue weighted by Gasteiger charge is 2.13. The Balaban J connectivity index is 2.19. The molecule has 15 heavy (non-hydrogen) atoms. The van der Waals surface area contributed by atoms with Gasteiger partial charge in [-0.05, 0) is 47.3 Å². The Labute approximate surface area is 99.8 Å². The maximum Gasteiger partial charge on any atom is 0.142 e. The second kappa shape index (κ2) is 4.97. The molecule has 0 bridgehead atoms. The molecule has 0 atom stereocenters. The number of nitrogens with zero attached hydrogens (tertiary/aromatic N) is 2. The SMILES string of the molecule is Cc1cnc(N2CCCCCC2)c(Br)c1. The molecule has 0 saturated carbocycles. The topological polar surface area (TPSA) is 16.1 Å². The third-order valence-electron chi connectivity index (χ3n) is 2.86. The van der Waals surface area contributed by atoms with E-state index >= 15 is 0 Å². The smallest absolute Gasteiger partial charge is 0.142 e. The fourth-order valence-corrected chi connectivity index (χ4v) is 2.76.